The lowest BCUT2D eigenvalue weighted by molar-refractivity contribution is 0.1000. The van der Waals surface area contributed by atoms with Crippen LogP contribution in [0.25, 0.3) is 6.58 Å². The number of carbonyl (C=O) groups is 1. The standard InChI is InChI=1S/C14H10N2O4/c1-6-2-3-8-10(4-6)20-13-11(16-8)7(14(15)19)5-9(17)12(13)18/h2-5,17-18H,1H2,(H2,15,19). The van der Waals surface area contributed by atoms with Gasteiger partial charge in [0.05, 0.1) is 5.56 Å². The quantitative estimate of drug-likeness (QED) is 0.565. The summed E-state index contributed by atoms with van der Waals surface area (Å²) < 4.78 is 5.51. The van der Waals surface area contributed by atoms with Crippen LogP contribution >= 0.6 is 0 Å². The molecule has 1 aliphatic heterocycles. The summed E-state index contributed by atoms with van der Waals surface area (Å²) in [5.74, 6) is -1.49. The number of ether oxygens (including phenoxy) is 1. The molecule has 6 heteroatoms. The van der Waals surface area contributed by atoms with Gasteiger partial charge in [-0.3, -0.25) is 4.79 Å². The van der Waals surface area contributed by atoms with E-state index in [1.165, 1.54) is 0 Å². The van der Waals surface area contributed by atoms with Gasteiger partial charge in [-0.1, -0.05) is 12.6 Å². The lowest BCUT2D eigenvalue weighted by atomic mass is 10.1. The monoisotopic (exact) mass is 270 g/mol. The predicted octanol–water partition coefficient (Wildman–Crippen LogP) is 0.664. The first-order valence-corrected chi connectivity index (χ1v) is 5.71. The molecule has 100 valence electrons. The molecule has 2 aromatic carbocycles. The highest BCUT2D eigenvalue weighted by Gasteiger charge is 2.25. The molecule has 1 amide bonds. The van der Waals surface area contributed by atoms with Crippen molar-refractivity contribution in [1.82, 2.24) is 0 Å². The van der Waals surface area contributed by atoms with Gasteiger partial charge in [-0.2, -0.15) is 0 Å². The van der Waals surface area contributed by atoms with E-state index >= 15 is 0 Å². The van der Waals surface area contributed by atoms with Crippen LogP contribution in [0.3, 0.4) is 0 Å². The van der Waals surface area contributed by atoms with Crippen LogP contribution in [0.2, 0.25) is 0 Å². The van der Waals surface area contributed by atoms with Crippen LogP contribution in [0.5, 0.6) is 23.0 Å². The van der Waals surface area contributed by atoms with Crippen molar-refractivity contribution in [2.45, 2.75) is 0 Å². The van der Waals surface area contributed by atoms with Crippen molar-refractivity contribution in [2.24, 2.45) is 10.7 Å². The molecule has 0 atom stereocenters. The van der Waals surface area contributed by atoms with Gasteiger partial charge in [-0.15, -0.1) is 0 Å². The molecule has 0 saturated heterocycles. The summed E-state index contributed by atoms with van der Waals surface area (Å²) in [6, 6.07) is 6.11. The van der Waals surface area contributed by atoms with Gasteiger partial charge in [0.1, 0.15) is 11.0 Å². The largest absolute Gasteiger partial charge is 0.504 e. The third kappa shape index (κ3) is 1.66. The number of benzene rings is 2. The normalized spacial score (nSPS) is 11.8. The summed E-state index contributed by atoms with van der Waals surface area (Å²) in [6.07, 6.45) is 0. The number of amides is 1. The van der Waals surface area contributed by atoms with Crippen LogP contribution < -0.4 is 21.0 Å². The van der Waals surface area contributed by atoms with E-state index in [0.717, 1.165) is 6.07 Å². The molecule has 20 heavy (non-hydrogen) atoms. The summed E-state index contributed by atoms with van der Waals surface area (Å²) >= 11 is 0. The van der Waals surface area contributed by atoms with Crippen LogP contribution in [-0.4, -0.2) is 16.1 Å². The van der Waals surface area contributed by atoms with Gasteiger partial charge in [0.15, 0.2) is 17.2 Å². The molecule has 0 aromatic heterocycles. The number of nitrogens with two attached hydrogens (primary N) is 1. The summed E-state index contributed by atoms with van der Waals surface area (Å²) in [5, 5.41) is 20.6. The first-order chi connectivity index (χ1) is 9.47. The van der Waals surface area contributed by atoms with E-state index in [4.69, 9.17) is 10.5 Å². The van der Waals surface area contributed by atoms with Crippen LogP contribution in [0.1, 0.15) is 10.4 Å². The highest BCUT2D eigenvalue weighted by Crippen LogP contribution is 2.48. The minimum Gasteiger partial charge on any atom is -0.504 e. The molecule has 2 aromatic rings. The number of phenolic OH excluding ortho intramolecular Hbond substituents is 2. The van der Waals surface area contributed by atoms with Crippen molar-refractivity contribution < 1.29 is 19.7 Å². The van der Waals surface area contributed by atoms with Crippen molar-refractivity contribution in [3.63, 3.8) is 0 Å². The van der Waals surface area contributed by atoms with Crippen LogP contribution in [0, 0.1) is 0 Å². The molecule has 4 N–H and O–H groups in total. The molecule has 1 heterocycles. The van der Waals surface area contributed by atoms with Crippen molar-refractivity contribution >= 4 is 18.2 Å². The number of fused-ring (bicyclic) bond motifs is 2. The van der Waals surface area contributed by atoms with Gasteiger partial charge in [0, 0.05) is 0 Å². The predicted molar refractivity (Wildman–Crippen MR) is 70.8 cm³/mol. The Hall–Kier alpha value is -3.02. The fraction of sp³-hybridized carbons (Fsp3) is 0. The van der Waals surface area contributed by atoms with Gasteiger partial charge < -0.3 is 20.7 Å². The summed E-state index contributed by atoms with van der Waals surface area (Å²) in [6.45, 7) is 3.76. The lowest BCUT2D eigenvalue weighted by Crippen LogP contribution is -2.17. The van der Waals surface area contributed by atoms with Crippen LogP contribution in [-0.2, 0) is 0 Å². The summed E-state index contributed by atoms with van der Waals surface area (Å²) in [4.78, 5) is 15.7. The van der Waals surface area contributed by atoms with E-state index in [2.05, 4.69) is 11.6 Å². The zero-order chi connectivity index (χ0) is 14.4. The van der Waals surface area contributed by atoms with E-state index in [1.807, 2.05) is 0 Å². The van der Waals surface area contributed by atoms with Crippen molar-refractivity contribution in [3.05, 3.63) is 40.4 Å². The Morgan fingerprint density at radius 3 is 2.75 bits per heavy atom. The smallest absolute Gasteiger partial charge is 0.251 e. The molecule has 0 fully saturated rings. The fourth-order valence-corrected chi connectivity index (χ4v) is 1.98. The number of phenols is 2. The molecule has 1 aliphatic rings. The van der Waals surface area contributed by atoms with E-state index < -0.39 is 17.4 Å². The van der Waals surface area contributed by atoms with Gasteiger partial charge in [-0.05, 0) is 23.4 Å². The van der Waals surface area contributed by atoms with E-state index in [9.17, 15) is 15.0 Å². The minimum atomic E-state index is -0.777. The maximum absolute atomic E-state index is 11.4. The third-order valence-electron chi connectivity index (χ3n) is 2.94. The Balaban J connectivity index is 2.40. The van der Waals surface area contributed by atoms with E-state index in [1.54, 1.807) is 18.2 Å². The Labute approximate surface area is 113 Å². The number of nitrogens with zero attached hydrogens (tertiary/aromatic N) is 1. The Morgan fingerprint density at radius 1 is 1.30 bits per heavy atom. The molecule has 0 saturated carbocycles. The Kier molecular flexibility index (Phi) is 2.40. The van der Waals surface area contributed by atoms with Crippen LogP contribution in [0.15, 0.2) is 29.3 Å². The number of carbonyl (C=O) groups excluding carboxylic acids is 1. The number of hydrogen-bond donors (Lipinski definition) is 3. The average Bonchev–Trinajstić information content (AvgIpc) is 2.41. The van der Waals surface area contributed by atoms with E-state index in [-0.39, 0.29) is 17.0 Å². The SMILES string of the molecule is C=c1ccc2c(c1)Oc1c(O)c(O)cc(C(N)=O)c1N=2. The third-order valence-corrected chi connectivity index (χ3v) is 2.94. The molecular weight excluding hydrogens is 260 g/mol. The highest BCUT2D eigenvalue weighted by atomic mass is 16.5. The second kappa shape index (κ2) is 3.99. The number of aromatic hydroxyl groups is 2. The number of primary amides is 1. The van der Waals surface area contributed by atoms with Crippen molar-refractivity contribution in [1.29, 1.82) is 0 Å². The molecule has 6 nitrogen and oxygen atoms in total. The second-order valence-corrected chi connectivity index (χ2v) is 4.35. The minimum absolute atomic E-state index is 0.0281. The average molecular weight is 270 g/mol. The van der Waals surface area contributed by atoms with Crippen molar-refractivity contribution in [2.75, 3.05) is 0 Å². The maximum Gasteiger partial charge on any atom is 0.251 e. The fourth-order valence-electron chi connectivity index (χ4n) is 1.98. The molecule has 0 spiro atoms. The molecule has 0 bridgehead atoms. The van der Waals surface area contributed by atoms with Gasteiger partial charge >= 0.3 is 0 Å². The zero-order valence-electron chi connectivity index (χ0n) is 10.3. The first kappa shape index (κ1) is 12.0. The second-order valence-electron chi connectivity index (χ2n) is 4.35. The Morgan fingerprint density at radius 2 is 2.05 bits per heavy atom. The molecule has 0 aliphatic carbocycles. The molecule has 0 radical (unpaired) electrons. The van der Waals surface area contributed by atoms with Crippen LogP contribution in [0.4, 0.5) is 5.69 Å². The molecule has 0 unspecified atom stereocenters. The molecule has 3 rings (SSSR count). The number of rotatable bonds is 1. The van der Waals surface area contributed by atoms with Gasteiger partial charge in [0.2, 0.25) is 5.75 Å². The maximum atomic E-state index is 11.4. The lowest BCUT2D eigenvalue weighted by Gasteiger charge is -2.17. The highest BCUT2D eigenvalue weighted by molar-refractivity contribution is 6.00. The molecular formula is C14H10N2O4. The van der Waals surface area contributed by atoms with Gasteiger partial charge in [0.25, 0.3) is 5.91 Å². The first-order valence-electron chi connectivity index (χ1n) is 5.71. The number of hydrogen-bond acceptors (Lipinski definition) is 5. The van der Waals surface area contributed by atoms with Gasteiger partial charge in [-0.25, -0.2) is 4.99 Å². The van der Waals surface area contributed by atoms with Crippen molar-refractivity contribution in [3.8, 4) is 23.0 Å². The topological polar surface area (TPSA) is 105 Å². The Bertz CT molecular complexity index is 858. The summed E-state index contributed by atoms with van der Waals surface area (Å²) in [7, 11) is 0. The zero-order valence-corrected chi connectivity index (χ0v) is 10.3. The van der Waals surface area contributed by atoms with E-state index in [0.29, 0.717) is 16.3 Å². The summed E-state index contributed by atoms with van der Waals surface area (Å²) in [5.41, 5.74) is 5.31.